The zero-order valence-electron chi connectivity index (χ0n) is 19.4. The van der Waals surface area contributed by atoms with Crippen molar-refractivity contribution in [1.82, 2.24) is 5.32 Å². The highest BCUT2D eigenvalue weighted by molar-refractivity contribution is 9.10. The fraction of sp³-hybridized carbons (Fsp3) is 0.346. The first-order chi connectivity index (χ1) is 15.9. The highest BCUT2D eigenvalue weighted by atomic mass is 79.9. The van der Waals surface area contributed by atoms with Crippen molar-refractivity contribution in [3.05, 3.63) is 75.2 Å². The Morgan fingerprint density at radius 3 is 2.56 bits per heavy atom. The molecule has 0 saturated carbocycles. The minimum Gasteiger partial charge on any atom is -0.443 e. The molecule has 178 valence electrons. The first kappa shape index (κ1) is 24.5. The van der Waals surface area contributed by atoms with Crippen LogP contribution >= 0.6 is 27.5 Å². The maximum Gasteiger partial charge on any atom is 0.421 e. The molecule has 2 aliphatic rings. The normalized spacial score (nSPS) is 24.1. The van der Waals surface area contributed by atoms with Crippen LogP contribution < -0.4 is 10.2 Å². The summed E-state index contributed by atoms with van der Waals surface area (Å²) in [4.78, 5) is 41.7. The molecule has 0 bridgehead atoms. The number of hydrogen-bond acceptors (Lipinski definition) is 4. The van der Waals surface area contributed by atoms with Crippen LogP contribution in [0.15, 0.2) is 59.1 Å². The minimum atomic E-state index is -1.31. The number of benzene rings is 2. The van der Waals surface area contributed by atoms with E-state index in [0.29, 0.717) is 26.3 Å². The van der Waals surface area contributed by atoms with Crippen LogP contribution in [0, 0.1) is 0 Å². The Balaban J connectivity index is 2.02. The summed E-state index contributed by atoms with van der Waals surface area (Å²) in [6.07, 6.45) is -0.719. The minimum absolute atomic E-state index is 0.0491. The summed E-state index contributed by atoms with van der Waals surface area (Å²) in [6.45, 7) is 11.1. The Hall–Kier alpha value is -2.64. The number of piperidine rings is 1. The number of imide groups is 1. The standard InChI is InChI=1S/C26H26BrClN2O4/c1-14(2)22-26(19(13-21(31)29-22)15-7-6-8-17(28)11-15)18-10-9-16(27)12-20(18)30(23(26)32)24(33)34-25(3,4)5/h6-12,19,22H,1,13H2,2-5H3,(H,29,31)/t19-,22+,26-/m0/s1. The Morgan fingerprint density at radius 2 is 1.94 bits per heavy atom. The van der Waals surface area contributed by atoms with Crippen molar-refractivity contribution in [3.63, 3.8) is 0 Å². The van der Waals surface area contributed by atoms with Crippen LogP contribution in [0.3, 0.4) is 0 Å². The highest BCUT2D eigenvalue weighted by Gasteiger charge is 2.64. The molecule has 2 heterocycles. The molecule has 6 nitrogen and oxygen atoms in total. The average molecular weight is 546 g/mol. The molecular formula is C26H26BrClN2O4. The lowest BCUT2D eigenvalue weighted by Gasteiger charge is -2.46. The lowest BCUT2D eigenvalue weighted by molar-refractivity contribution is -0.131. The van der Waals surface area contributed by atoms with E-state index in [4.69, 9.17) is 16.3 Å². The van der Waals surface area contributed by atoms with Gasteiger partial charge in [0.2, 0.25) is 11.8 Å². The number of halogens is 2. The number of fused-ring (bicyclic) bond motifs is 2. The molecule has 3 atom stereocenters. The van der Waals surface area contributed by atoms with Crippen molar-refractivity contribution < 1.29 is 19.1 Å². The van der Waals surface area contributed by atoms with Crippen LogP contribution in [0.5, 0.6) is 0 Å². The molecule has 34 heavy (non-hydrogen) atoms. The second kappa shape index (κ2) is 8.54. The fourth-order valence-corrected chi connectivity index (χ4v) is 5.60. The number of carbonyl (C=O) groups is 3. The van der Waals surface area contributed by atoms with Crippen LogP contribution in [-0.4, -0.2) is 29.6 Å². The number of nitrogens with zero attached hydrogens (tertiary/aromatic N) is 1. The Bertz CT molecular complexity index is 1220. The van der Waals surface area contributed by atoms with Crippen LogP contribution in [-0.2, 0) is 19.7 Å². The van der Waals surface area contributed by atoms with Crippen molar-refractivity contribution in [2.24, 2.45) is 0 Å². The van der Waals surface area contributed by atoms with Gasteiger partial charge in [0.1, 0.15) is 11.0 Å². The van der Waals surface area contributed by atoms with Gasteiger partial charge in [0.05, 0.1) is 11.7 Å². The van der Waals surface area contributed by atoms with E-state index in [2.05, 4.69) is 27.8 Å². The van der Waals surface area contributed by atoms with Gasteiger partial charge in [-0.05, 0) is 63.1 Å². The van der Waals surface area contributed by atoms with E-state index in [1.54, 1.807) is 52.0 Å². The Labute approximate surface area is 212 Å². The van der Waals surface area contributed by atoms with E-state index in [-0.39, 0.29) is 12.3 Å². The molecule has 1 spiro atoms. The van der Waals surface area contributed by atoms with Gasteiger partial charge < -0.3 is 10.1 Å². The summed E-state index contributed by atoms with van der Waals surface area (Å²) >= 11 is 9.77. The van der Waals surface area contributed by atoms with Crippen LogP contribution in [0.4, 0.5) is 10.5 Å². The maximum absolute atomic E-state index is 14.5. The summed E-state index contributed by atoms with van der Waals surface area (Å²) < 4.78 is 6.32. The van der Waals surface area contributed by atoms with Gasteiger partial charge in [-0.3, -0.25) is 9.59 Å². The van der Waals surface area contributed by atoms with E-state index < -0.39 is 35.0 Å². The molecule has 3 amide bonds. The Kier molecular flexibility index (Phi) is 6.15. The quantitative estimate of drug-likeness (QED) is 0.479. The molecule has 0 radical (unpaired) electrons. The monoisotopic (exact) mass is 544 g/mol. The summed E-state index contributed by atoms with van der Waals surface area (Å²) in [7, 11) is 0. The smallest absolute Gasteiger partial charge is 0.421 e. The van der Waals surface area contributed by atoms with Gasteiger partial charge >= 0.3 is 6.09 Å². The summed E-state index contributed by atoms with van der Waals surface area (Å²) in [6, 6.07) is 11.8. The predicted octanol–water partition coefficient (Wildman–Crippen LogP) is 5.87. The molecular weight excluding hydrogens is 520 g/mol. The predicted molar refractivity (Wildman–Crippen MR) is 135 cm³/mol. The molecule has 8 heteroatoms. The van der Waals surface area contributed by atoms with Gasteiger partial charge in [0, 0.05) is 21.8 Å². The Morgan fingerprint density at radius 1 is 1.24 bits per heavy atom. The summed E-state index contributed by atoms with van der Waals surface area (Å²) in [5, 5.41) is 3.47. The van der Waals surface area contributed by atoms with Crippen molar-refractivity contribution in [2.45, 2.75) is 57.1 Å². The number of ether oxygens (including phenoxy) is 1. The third-order valence-corrected chi connectivity index (χ3v) is 6.95. The van der Waals surface area contributed by atoms with Crippen molar-refractivity contribution >= 4 is 51.1 Å². The molecule has 4 rings (SSSR count). The van der Waals surface area contributed by atoms with E-state index in [9.17, 15) is 14.4 Å². The molecule has 2 aromatic rings. The molecule has 0 aliphatic carbocycles. The molecule has 2 aromatic carbocycles. The third kappa shape index (κ3) is 3.95. The van der Waals surface area contributed by atoms with Gasteiger partial charge in [-0.2, -0.15) is 0 Å². The lowest BCUT2D eigenvalue weighted by atomic mass is 9.59. The van der Waals surface area contributed by atoms with E-state index in [0.717, 1.165) is 10.5 Å². The summed E-state index contributed by atoms with van der Waals surface area (Å²) in [5.41, 5.74) is 0.278. The SMILES string of the molecule is C=C(C)[C@H]1NC(=O)C[C@@H](c2cccc(Cl)c2)[C@]12C(=O)N(C(=O)OC(C)(C)C)c1cc(Br)ccc12. The molecule has 1 saturated heterocycles. The number of carbonyl (C=O) groups excluding carboxylic acids is 3. The van der Waals surface area contributed by atoms with E-state index in [1.807, 2.05) is 18.2 Å². The molecule has 0 unspecified atom stereocenters. The maximum atomic E-state index is 14.5. The number of nitrogens with one attached hydrogen (secondary N) is 1. The zero-order valence-corrected chi connectivity index (χ0v) is 21.8. The number of anilines is 1. The van der Waals surface area contributed by atoms with Gasteiger partial charge in [0.25, 0.3) is 0 Å². The summed E-state index contributed by atoms with van der Waals surface area (Å²) in [5.74, 6) is -1.25. The first-order valence-electron chi connectivity index (χ1n) is 10.9. The number of hydrogen-bond donors (Lipinski definition) is 1. The molecule has 2 aliphatic heterocycles. The molecule has 1 N–H and O–H groups in total. The topological polar surface area (TPSA) is 75.7 Å². The zero-order chi connectivity index (χ0) is 25.0. The van der Waals surface area contributed by atoms with Gasteiger partial charge in [-0.1, -0.05) is 57.9 Å². The number of amides is 3. The largest absolute Gasteiger partial charge is 0.443 e. The van der Waals surface area contributed by atoms with Gasteiger partial charge in [-0.15, -0.1) is 0 Å². The van der Waals surface area contributed by atoms with Crippen LogP contribution in [0.2, 0.25) is 5.02 Å². The lowest BCUT2D eigenvalue weighted by Crippen LogP contribution is -2.63. The average Bonchev–Trinajstić information content (AvgIpc) is 2.96. The van der Waals surface area contributed by atoms with Gasteiger partial charge in [0.15, 0.2) is 0 Å². The van der Waals surface area contributed by atoms with Crippen LogP contribution in [0.25, 0.3) is 0 Å². The first-order valence-corrected chi connectivity index (χ1v) is 12.1. The number of rotatable bonds is 2. The molecule has 1 fully saturated rings. The van der Waals surface area contributed by atoms with Crippen molar-refractivity contribution in [3.8, 4) is 0 Å². The van der Waals surface area contributed by atoms with Crippen molar-refractivity contribution in [2.75, 3.05) is 4.90 Å². The highest BCUT2D eigenvalue weighted by Crippen LogP contribution is 2.56. The van der Waals surface area contributed by atoms with Gasteiger partial charge in [-0.25, -0.2) is 9.69 Å². The van der Waals surface area contributed by atoms with Crippen molar-refractivity contribution in [1.29, 1.82) is 0 Å². The molecule has 0 aromatic heterocycles. The van der Waals surface area contributed by atoms with Crippen LogP contribution in [0.1, 0.15) is 51.2 Å². The van der Waals surface area contributed by atoms with E-state index in [1.165, 1.54) is 0 Å². The fourth-order valence-electron chi connectivity index (χ4n) is 5.05. The van der Waals surface area contributed by atoms with E-state index >= 15 is 0 Å². The third-order valence-electron chi connectivity index (χ3n) is 6.22. The second-order valence-electron chi connectivity index (χ2n) is 9.81. The second-order valence-corrected chi connectivity index (χ2v) is 11.2.